The van der Waals surface area contributed by atoms with Gasteiger partial charge in [-0.25, -0.2) is 9.37 Å². The van der Waals surface area contributed by atoms with Crippen LogP contribution in [0.1, 0.15) is 32.5 Å². The highest BCUT2D eigenvalue weighted by Gasteiger charge is 2.30. The molecule has 5 aromatic rings. The summed E-state index contributed by atoms with van der Waals surface area (Å²) in [5.41, 5.74) is 5.04. The van der Waals surface area contributed by atoms with Crippen LogP contribution in [-0.4, -0.2) is 51.3 Å². The molecule has 0 spiro atoms. The van der Waals surface area contributed by atoms with Crippen LogP contribution < -0.4 is 0 Å². The number of benzene rings is 3. The van der Waals surface area contributed by atoms with Crippen molar-refractivity contribution in [3.8, 4) is 11.3 Å². The van der Waals surface area contributed by atoms with Gasteiger partial charge < -0.3 is 4.90 Å². The van der Waals surface area contributed by atoms with Crippen LogP contribution in [-0.2, 0) is 0 Å². The molecule has 37 heavy (non-hydrogen) atoms. The van der Waals surface area contributed by atoms with E-state index in [-0.39, 0.29) is 17.8 Å². The van der Waals surface area contributed by atoms with Gasteiger partial charge in [-0.05, 0) is 42.3 Å². The summed E-state index contributed by atoms with van der Waals surface area (Å²) in [4.78, 5) is 24.2. The van der Waals surface area contributed by atoms with Gasteiger partial charge in [0.05, 0.1) is 11.7 Å². The molecule has 1 aliphatic heterocycles. The summed E-state index contributed by atoms with van der Waals surface area (Å²) in [6.07, 6.45) is 1.92. The number of carbonyl (C=O) groups excluding carboxylic acids is 1. The molecule has 0 unspecified atom stereocenters. The van der Waals surface area contributed by atoms with E-state index in [1.165, 1.54) is 34.6 Å². The second-order valence-corrected chi connectivity index (χ2v) is 10.3. The average molecular weight is 511 g/mol. The number of nitrogens with zero attached hydrogens (tertiary/aromatic N) is 4. The quantitative estimate of drug-likeness (QED) is 0.289. The van der Waals surface area contributed by atoms with E-state index in [0.29, 0.717) is 13.1 Å². The highest BCUT2D eigenvalue weighted by atomic mass is 32.1. The smallest absolute Gasteiger partial charge is 0.265 e. The summed E-state index contributed by atoms with van der Waals surface area (Å²) < 4.78 is 15.3. The normalized spacial score (nSPS) is 14.5. The lowest BCUT2D eigenvalue weighted by molar-refractivity contribution is 0.0601. The molecule has 3 heterocycles. The Morgan fingerprint density at radius 2 is 1.46 bits per heavy atom. The van der Waals surface area contributed by atoms with E-state index >= 15 is 0 Å². The van der Waals surface area contributed by atoms with E-state index in [1.54, 1.807) is 12.1 Å². The fraction of sp³-hybridized carbons (Fsp3) is 0.200. The summed E-state index contributed by atoms with van der Waals surface area (Å²) in [6.45, 7) is 4.92. The molecule has 7 heteroatoms. The second-order valence-electron chi connectivity index (χ2n) is 9.35. The number of imidazole rings is 1. The van der Waals surface area contributed by atoms with E-state index in [9.17, 15) is 9.18 Å². The Morgan fingerprint density at radius 1 is 0.865 bits per heavy atom. The Morgan fingerprint density at radius 3 is 2.03 bits per heavy atom. The van der Waals surface area contributed by atoms with Crippen LogP contribution in [0.4, 0.5) is 4.39 Å². The van der Waals surface area contributed by atoms with E-state index in [2.05, 4.69) is 53.4 Å². The third kappa shape index (κ3) is 4.56. The number of carbonyl (C=O) groups is 1. The average Bonchev–Trinajstić information content (AvgIpc) is 3.50. The molecule has 1 aliphatic rings. The van der Waals surface area contributed by atoms with Crippen molar-refractivity contribution in [2.75, 3.05) is 26.2 Å². The zero-order valence-electron chi connectivity index (χ0n) is 20.5. The Bertz CT molecular complexity index is 1480. The number of rotatable bonds is 5. The number of piperazine rings is 1. The predicted octanol–water partition coefficient (Wildman–Crippen LogP) is 6.06. The van der Waals surface area contributed by atoms with E-state index in [4.69, 9.17) is 4.98 Å². The van der Waals surface area contributed by atoms with Gasteiger partial charge in [0.1, 0.15) is 10.7 Å². The van der Waals surface area contributed by atoms with Crippen LogP contribution in [0, 0.1) is 12.7 Å². The minimum absolute atomic E-state index is 0.0620. The van der Waals surface area contributed by atoms with E-state index < -0.39 is 0 Å². The lowest BCUT2D eigenvalue weighted by atomic mass is 9.96. The molecule has 2 aromatic heterocycles. The maximum absolute atomic E-state index is 13.5. The third-order valence-electron chi connectivity index (χ3n) is 7.09. The molecular weight excluding hydrogens is 483 g/mol. The molecule has 186 valence electrons. The first-order chi connectivity index (χ1) is 18.1. The molecule has 0 atom stereocenters. The number of hydrogen-bond donors (Lipinski definition) is 0. The van der Waals surface area contributed by atoms with Crippen molar-refractivity contribution in [3.05, 3.63) is 119 Å². The molecule has 0 radical (unpaired) electrons. The van der Waals surface area contributed by atoms with Crippen LogP contribution in [0.25, 0.3) is 16.2 Å². The maximum Gasteiger partial charge on any atom is 0.265 e. The Labute approximate surface area is 219 Å². The lowest BCUT2D eigenvalue weighted by Gasteiger charge is -2.39. The zero-order chi connectivity index (χ0) is 25.4. The van der Waals surface area contributed by atoms with Gasteiger partial charge in [0.2, 0.25) is 0 Å². The molecule has 0 saturated carbocycles. The van der Waals surface area contributed by atoms with Crippen LogP contribution in [0.5, 0.6) is 0 Å². The van der Waals surface area contributed by atoms with Crippen LogP contribution in [0.3, 0.4) is 0 Å². The van der Waals surface area contributed by atoms with Gasteiger partial charge in [-0.1, -0.05) is 72.0 Å². The molecule has 0 N–H and O–H groups in total. The molecular formula is C30H27FN4OS. The topological polar surface area (TPSA) is 40.9 Å². The van der Waals surface area contributed by atoms with Crippen molar-refractivity contribution in [2.24, 2.45) is 0 Å². The fourth-order valence-corrected chi connectivity index (χ4v) is 6.20. The number of aryl methyl sites for hydroxylation is 1. The Kier molecular flexibility index (Phi) is 6.32. The van der Waals surface area contributed by atoms with Crippen molar-refractivity contribution >= 4 is 22.2 Å². The van der Waals surface area contributed by atoms with Gasteiger partial charge in [-0.15, -0.1) is 0 Å². The molecule has 6 rings (SSSR count). The van der Waals surface area contributed by atoms with Crippen LogP contribution in [0.2, 0.25) is 0 Å². The van der Waals surface area contributed by atoms with E-state index in [0.717, 1.165) is 39.9 Å². The summed E-state index contributed by atoms with van der Waals surface area (Å²) in [5, 5.41) is 0. The van der Waals surface area contributed by atoms with Gasteiger partial charge in [-0.3, -0.25) is 14.1 Å². The standard InChI is InChI=1S/C30H27FN4OS/c1-21-28(37-30-32-26(20-35(21)30)22-12-14-25(31)15-13-22)29(36)34-18-16-33(17-19-34)27(23-8-4-2-5-9-23)24-10-6-3-7-11-24/h2-15,20,27H,16-19H2,1H3. The van der Waals surface area contributed by atoms with Gasteiger partial charge >= 0.3 is 0 Å². The van der Waals surface area contributed by atoms with Crippen LogP contribution in [0.15, 0.2) is 91.1 Å². The lowest BCUT2D eigenvalue weighted by Crippen LogP contribution is -2.49. The Balaban J connectivity index is 1.19. The fourth-order valence-electron chi connectivity index (χ4n) is 5.12. The number of thiazole rings is 1. The first-order valence-electron chi connectivity index (χ1n) is 12.5. The zero-order valence-corrected chi connectivity index (χ0v) is 21.4. The van der Waals surface area contributed by atoms with Crippen molar-refractivity contribution in [2.45, 2.75) is 13.0 Å². The third-order valence-corrected chi connectivity index (χ3v) is 8.23. The van der Waals surface area contributed by atoms with Crippen LogP contribution >= 0.6 is 11.3 Å². The van der Waals surface area contributed by atoms with Gasteiger partial charge in [-0.2, -0.15) is 0 Å². The first-order valence-corrected chi connectivity index (χ1v) is 13.3. The molecule has 5 nitrogen and oxygen atoms in total. The maximum atomic E-state index is 13.5. The van der Waals surface area contributed by atoms with Crippen molar-refractivity contribution in [1.82, 2.24) is 19.2 Å². The summed E-state index contributed by atoms with van der Waals surface area (Å²) in [7, 11) is 0. The largest absolute Gasteiger partial charge is 0.335 e. The predicted molar refractivity (Wildman–Crippen MR) is 145 cm³/mol. The monoisotopic (exact) mass is 510 g/mol. The Hall–Kier alpha value is -3.81. The minimum atomic E-state index is -0.271. The second kappa shape index (κ2) is 9.92. The number of fused-ring (bicyclic) bond motifs is 1. The summed E-state index contributed by atoms with van der Waals surface area (Å²) >= 11 is 1.42. The highest BCUT2D eigenvalue weighted by Crippen LogP contribution is 2.31. The number of aromatic nitrogens is 2. The number of hydrogen-bond acceptors (Lipinski definition) is 4. The molecule has 1 saturated heterocycles. The summed E-state index contributed by atoms with van der Waals surface area (Å²) in [5.74, 6) is -0.209. The van der Waals surface area contributed by atoms with Crippen molar-refractivity contribution in [1.29, 1.82) is 0 Å². The molecule has 1 amide bonds. The van der Waals surface area contributed by atoms with Crippen molar-refractivity contribution in [3.63, 3.8) is 0 Å². The number of halogens is 1. The van der Waals surface area contributed by atoms with Gasteiger partial charge in [0, 0.05) is 43.6 Å². The molecule has 0 bridgehead atoms. The first kappa shape index (κ1) is 23.6. The van der Waals surface area contributed by atoms with Crippen molar-refractivity contribution < 1.29 is 9.18 Å². The molecule has 3 aromatic carbocycles. The molecule has 0 aliphatic carbocycles. The SMILES string of the molecule is Cc1c(C(=O)N2CCN(C(c3ccccc3)c3ccccc3)CC2)sc2nc(-c3ccc(F)cc3)cn12. The van der Waals surface area contributed by atoms with Gasteiger partial charge in [0.15, 0.2) is 4.96 Å². The minimum Gasteiger partial charge on any atom is -0.335 e. The molecule has 1 fully saturated rings. The summed E-state index contributed by atoms with van der Waals surface area (Å²) in [6, 6.07) is 27.6. The number of amides is 1. The van der Waals surface area contributed by atoms with Gasteiger partial charge in [0.25, 0.3) is 5.91 Å². The highest BCUT2D eigenvalue weighted by molar-refractivity contribution is 7.19. The van der Waals surface area contributed by atoms with E-state index in [1.807, 2.05) is 34.6 Å².